The van der Waals surface area contributed by atoms with Crippen LogP contribution in [-0.2, 0) is 6.42 Å². The van der Waals surface area contributed by atoms with E-state index < -0.39 is 0 Å². The Balaban J connectivity index is 1.49. The molecule has 3 aliphatic rings. The molecule has 0 nitrogen and oxygen atoms in total. The third-order valence-corrected chi connectivity index (χ3v) is 7.47. The largest absolute Gasteiger partial charge is 0.0622 e. The predicted molar refractivity (Wildman–Crippen MR) is 126 cm³/mol. The van der Waals surface area contributed by atoms with Gasteiger partial charge in [0.05, 0.1) is 0 Å². The van der Waals surface area contributed by atoms with Crippen LogP contribution in [-0.4, -0.2) is 0 Å². The lowest BCUT2D eigenvalue weighted by Gasteiger charge is -2.32. The standard InChI is InChI=1S/C30H26/c1-19-26-17-22(20-10-5-4-6-11-20)18-28(26)30(2,3)29(19)25-15-9-14-24-23-13-8-7-12-21(23)16-27(24)25/h4-15,17-18,29H,16H2,1-3H3. The molecule has 0 N–H and O–H groups in total. The van der Waals surface area contributed by atoms with Crippen LogP contribution in [0.25, 0.3) is 16.7 Å². The molecule has 30 heavy (non-hydrogen) atoms. The zero-order chi connectivity index (χ0) is 20.5. The quantitative estimate of drug-likeness (QED) is 0.331. The lowest BCUT2D eigenvalue weighted by molar-refractivity contribution is 0.412. The van der Waals surface area contributed by atoms with Gasteiger partial charge >= 0.3 is 0 Å². The van der Waals surface area contributed by atoms with Crippen LogP contribution in [0.1, 0.15) is 48.9 Å². The van der Waals surface area contributed by atoms with Crippen molar-refractivity contribution in [1.29, 1.82) is 0 Å². The Morgan fingerprint density at radius 2 is 1.50 bits per heavy atom. The summed E-state index contributed by atoms with van der Waals surface area (Å²) >= 11 is 0. The summed E-state index contributed by atoms with van der Waals surface area (Å²) in [6, 6.07) is 26.6. The highest BCUT2D eigenvalue weighted by molar-refractivity contribution is 5.86. The summed E-state index contributed by atoms with van der Waals surface area (Å²) < 4.78 is 0. The maximum atomic E-state index is 2.44. The Hall–Kier alpha value is -3.12. The molecule has 3 aliphatic carbocycles. The minimum absolute atomic E-state index is 0.0797. The molecule has 0 saturated heterocycles. The van der Waals surface area contributed by atoms with E-state index in [4.69, 9.17) is 0 Å². The average Bonchev–Trinajstić information content (AvgIpc) is 3.41. The molecule has 3 aromatic rings. The highest BCUT2D eigenvalue weighted by atomic mass is 14.5. The predicted octanol–water partition coefficient (Wildman–Crippen LogP) is 7.72. The van der Waals surface area contributed by atoms with Gasteiger partial charge < -0.3 is 0 Å². The van der Waals surface area contributed by atoms with E-state index in [0.717, 1.165) is 6.42 Å². The lowest BCUT2D eigenvalue weighted by atomic mass is 9.71. The Morgan fingerprint density at radius 3 is 2.30 bits per heavy atom. The number of rotatable bonds is 2. The molecule has 0 aliphatic heterocycles. The van der Waals surface area contributed by atoms with Crippen LogP contribution in [0, 0.1) is 5.41 Å². The highest BCUT2D eigenvalue weighted by Crippen LogP contribution is 2.60. The molecule has 1 atom stereocenters. The molecule has 0 heterocycles. The Labute approximate surface area is 179 Å². The molecule has 0 fully saturated rings. The van der Waals surface area contributed by atoms with E-state index in [1.165, 1.54) is 55.7 Å². The van der Waals surface area contributed by atoms with Gasteiger partial charge in [0.2, 0.25) is 0 Å². The van der Waals surface area contributed by atoms with Crippen LogP contribution in [0.15, 0.2) is 102 Å². The van der Waals surface area contributed by atoms with Gasteiger partial charge in [-0.15, -0.1) is 0 Å². The van der Waals surface area contributed by atoms with E-state index in [2.05, 4.69) is 106 Å². The lowest BCUT2D eigenvalue weighted by Crippen LogP contribution is -2.21. The summed E-state index contributed by atoms with van der Waals surface area (Å²) in [5, 5.41) is 0. The molecule has 3 aromatic carbocycles. The highest BCUT2D eigenvalue weighted by Gasteiger charge is 2.46. The van der Waals surface area contributed by atoms with Crippen LogP contribution >= 0.6 is 0 Å². The summed E-state index contributed by atoms with van der Waals surface area (Å²) in [6.45, 7) is 7.22. The smallest absolute Gasteiger partial charge is 0.0149 e. The second kappa shape index (κ2) is 6.19. The summed E-state index contributed by atoms with van der Waals surface area (Å²) in [5.41, 5.74) is 14.6. The molecule has 0 saturated carbocycles. The van der Waals surface area contributed by atoms with Gasteiger partial charge in [-0.25, -0.2) is 0 Å². The molecule has 0 heteroatoms. The van der Waals surface area contributed by atoms with Crippen LogP contribution in [0.5, 0.6) is 0 Å². The fraction of sp³-hybridized carbons (Fsp3) is 0.200. The molecular weight excluding hydrogens is 360 g/mol. The van der Waals surface area contributed by atoms with Crippen molar-refractivity contribution in [3.63, 3.8) is 0 Å². The maximum Gasteiger partial charge on any atom is 0.0149 e. The van der Waals surface area contributed by atoms with Gasteiger partial charge in [-0.1, -0.05) is 92.2 Å². The van der Waals surface area contributed by atoms with Crippen LogP contribution in [0.2, 0.25) is 0 Å². The van der Waals surface area contributed by atoms with Gasteiger partial charge in [0, 0.05) is 11.3 Å². The fourth-order valence-corrected chi connectivity index (χ4v) is 6.09. The van der Waals surface area contributed by atoms with Crippen molar-refractivity contribution in [2.45, 2.75) is 33.1 Å². The topological polar surface area (TPSA) is 0 Å². The van der Waals surface area contributed by atoms with E-state index >= 15 is 0 Å². The Morgan fingerprint density at radius 1 is 0.767 bits per heavy atom. The van der Waals surface area contributed by atoms with Crippen LogP contribution in [0.3, 0.4) is 0 Å². The van der Waals surface area contributed by atoms with Gasteiger partial charge in [-0.05, 0) is 75.6 Å². The first-order valence-electron chi connectivity index (χ1n) is 11.0. The van der Waals surface area contributed by atoms with Gasteiger partial charge in [0.25, 0.3) is 0 Å². The van der Waals surface area contributed by atoms with Crippen molar-refractivity contribution in [2.24, 2.45) is 5.41 Å². The van der Waals surface area contributed by atoms with Crippen molar-refractivity contribution in [2.75, 3.05) is 0 Å². The summed E-state index contributed by atoms with van der Waals surface area (Å²) in [7, 11) is 0. The SMILES string of the molecule is CC1=C2C=C(c3ccccc3)C=C2C(C)(C)C1c1cccc2c1Cc1ccccc1-2. The van der Waals surface area contributed by atoms with E-state index in [9.17, 15) is 0 Å². The summed E-state index contributed by atoms with van der Waals surface area (Å²) in [5.74, 6) is 0.427. The fourth-order valence-electron chi connectivity index (χ4n) is 6.09. The van der Waals surface area contributed by atoms with E-state index in [-0.39, 0.29) is 5.41 Å². The molecule has 0 aromatic heterocycles. The zero-order valence-electron chi connectivity index (χ0n) is 17.9. The number of fused-ring (bicyclic) bond motifs is 4. The number of hydrogen-bond acceptors (Lipinski definition) is 0. The van der Waals surface area contributed by atoms with E-state index in [1.807, 2.05) is 0 Å². The number of hydrogen-bond donors (Lipinski definition) is 0. The zero-order valence-corrected chi connectivity index (χ0v) is 17.9. The maximum absolute atomic E-state index is 2.44. The molecule has 1 unspecified atom stereocenters. The minimum Gasteiger partial charge on any atom is -0.0622 e. The summed E-state index contributed by atoms with van der Waals surface area (Å²) in [6.07, 6.45) is 5.91. The normalized spacial score (nSPS) is 20.6. The molecule has 6 rings (SSSR count). The van der Waals surface area contributed by atoms with Gasteiger partial charge in [0.1, 0.15) is 0 Å². The monoisotopic (exact) mass is 386 g/mol. The van der Waals surface area contributed by atoms with Gasteiger partial charge in [-0.2, -0.15) is 0 Å². The molecule has 146 valence electrons. The first-order valence-corrected chi connectivity index (χ1v) is 11.0. The van der Waals surface area contributed by atoms with Gasteiger partial charge in [-0.3, -0.25) is 0 Å². The summed E-state index contributed by atoms with van der Waals surface area (Å²) in [4.78, 5) is 0. The van der Waals surface area contributed by atoms with Crippen molar-refractivity contribution < 1.29 is 0 Å². The molecular formula is C30H26. The number of benzene rings is 3. The van der Waals surface area contributed by atoms with Crippen molar-refractivity contribution in [1.82, 2.24) is 0 Å². The van der Waals surface area contributed by atoms with Crippen molar-refractivity contribution >= 4 is 5.57 Å². The first kappa shape index (κ1) is 17.7. The second-order valence-electron chi connectivity index (χ2n) is 9.48. The average molecular weight is 387 g/mol. The van der Waals surface area contributed by atoms with Crippen LogP contribution < -0.4 is 0 Å². The Bertz CT molecular complexity index is 1280. The van der Waals surface area contributed by atoms with Crippen LogP contribution in [0.4, 0.5) is 0 Å². The molecule has 0 radical (unpaired) electrons. The Kier molecular flexibility index (Phi) is 3.65. The minimum atomic E-state index is 0.0797. The number of allylic oxidation sites excluding steroid dienone is 6. The third-order valence-electron chi connectivity index (χ3n) is 7.47. The van der Waals surface area contributed by atoms with Crippen molar-refractivity contribution in [3.8, 4) is 11.1 Å². The van der Waals surface area contributed by atoms with Crippen molar-refractivity contribution in [3.05, 3.63) is 124 Å². The van der Waals surface area contributed by atoms with Gasteiger partial charge in [0.15, 0.2) is 0 Å². The first-order chi connectivity index (χ1) is 14.6. The molecule has 0 spiro atoms. The third kappa shape index (κ3) is 2.34. The molecule has 0 amide bonds. The molecule has 0 bridgehead atoms. The van der Waals surface area contributed by atoms with E-state index in [1.54, 1.807) is 0 Å². The second-order valence-corrected chi connectivity index (χ2v) is 9.48. The van der Waals surface area contributed by atoms with E-state index in [0.29, 0.717) is 5.92 Å².